The molecule has 2 amide bonds. The Bertz CT molecular complexity index is 1100. The molecule has 2 aliphatic rings. The minimum atomic E-state index is -2.81. The van der Waals surface area contributed by atoms with Crippen LogP contribution in [0.4, 0.5) is 13.6 Å². The number of ether oxygens (including phenoxy) is 1. The van der Waals surface area contributed by atoms with Crippen molar-refractivity contribution in [3.63, 3.8) is 0 Å². The second-order valence-corrected chi connectivity index (χ2v) is 11.0. The van der Waals surface area contributed by atoms with Crippen LogP contribution in [-0.2, 0) is 16.0 Å². The molecule has 0 radical (unpaired) electrons. The Balaban J connectivity index is 1.62. The minimum Gasteiger partial charge on any atom is -0.447 e. The lowest BCUT2D eigenvalue weighted by Gasteiger charge is -2.36. The van der Waals surface area contributed by atoms with Crippen LogP contribution in [0.25, 0.3) is 0 Å². The second kappa shape index (κ2) is 13.1. The number of alkyl carbamates (subject to hydrolysis) is 1. The van der Waals surface area contributed by atoms with Crippen molar-refractivity contribution in [3.8, 4) is 6.07 Å². The van der Waals surface area contributed by atoms with E-state index in [4.69, 9.17) is 16.3 Å². The molecule has 39 heavy (non-hydrogen) atoms. The van der Waals surface area contributed by atoms with Gasteiger partial charge in [0.15, 0.2) is 0 Å². The molecule has 1 aromatic carbocycles. The summed E-state index contributed by atoms with van der Waals surface area (Å²) in [7, 11) is -1.84. The number of amides is 2. The maximum atomic E-state index is 13.8. The predicted molar refractivity (Wildman–Crippen MR) is 142 cm³/mol. The fraction of sp³-hybridized carbons (Fsp3) is 0.577. The third kappa shape index (κ3) is 8.63. The number of piperidine rings is 1. The summed E-state index contributed by atoms with van der Waals surface area (Å²) in [6.07, 6.45) is 2.42. The van der Waals surface area contributed by atoms with Crippen LogP contribution < -0.4 is 5.32 Å². The summed E-state index contributed by atoms with van der Waals surface area (Å²) < 4.78 is 32.9. The van der Waals surface area contributed by atoms with Gasteiger partial charge in [0, 0.05) is 30.1 Å². The SMILES string of the molecule is CC(C)(C=C(C#N)C(=O)N1CCCCC1COC(=O)N[C@@H](Cc1ccc(Cl)cc1)B(O)O)N1CCC(F)(F)C1. The topological polar surface area (TPSA) is 126 Å². The van der Waals surface area contributed by atoms with Crippen LogP contribution in [0.1, 0.15) is 45.1 Å². The monoisotopic (exact) mass is 566 g/mol. The first kappa shape index (κ1) is 30.8. The lowest BCUT2D eigenvalue weighted by atomic mass is 9.76. The van der Waals surface area contributed by atoms with Gasteiger partial charge in [0.05, 0.1) is 18.5 Å². The zero-order valence-corrected chi connectivity index (χ0v) is 22.8. The number of carbonyl (C=O) groups excluding carboxylic acids is 2. The van der Waals surface area contributed by atoms with Crippen molar-refractivity contribution in [1.29, 1.82) is 5.26 Å². The normalized spacial score (nSPS) is 20.7. The average Bonchev–Trinajstić information content (AvgIpc) is 3.27. The molecular weight excluding hydrogens is 533 g/mol. The van der Waals surface area contributed by atoms with Gasteiger partial charge in [-0.1, -0.05) is 23.7 Å². The molecule has 0 aromatic heterocycles. The van der Waals surface area contributed by atoms with Gasteiger partial charge >= 0.3 is 13.2 Å². The maximum absolute atomic E-state index is 13.8. The first-order valence-corrected chi connectivity index (χ1v) is 13.3. The molecule has 2 aliphatic heterocycles. The van der Waals surface area contributed by atoms with Gasteiger partial charge in [-0.05, 0) is 63.3 Å². The highest BCUT2D eigenvalue weighted by Crippen LogP contribution is 2.33. The summed E-state index contributed by atoms with van der Waals surface area (Å²) >= 11 is 5.88. The number of nitriles is 1. The minimum absolute atomic E-state index is 0.118. The van der Waals surface area contributed by atoms with Gasteiger partial charge in [0.25, 0.3) is 11.8 Å². The number of hydrogen-bond donors (Lipinski definition) is 3. The van der Waals surface area contributed by atoms with Crippen molar-refractivity contribution in [3.05, 3.63) is 46.5 Å². The molecule has 0 saturated carbocycles. The fourth-order valence-electron chi connectivity index (χ4n) is 4.88. The summed E-state index contributed by atoms with van der Waals surface area (Å²) in [6, 6.07) is 8.12. The van der Waals surface area contributed by atoms with E-state index >= 15 is 0 Å². The van der Waals surface area contributed by atoms with E-state index in [0.717, 1.165) is 12.0 Å². The molecule has 2 heterocycles. The van der Waals surface area contributed by atoms with Crippen molar-refractivity contribution in [2.75, 3.05) is 26.2 Å². The summed E-state index contributed by atoms with van der Waals surface area (Å²) in [4.78, 5) is 28.9. The number of benzene rings is 1. The summed E-state index contributed by atoms with van der Waals surface area (Å²) in [5, 5.41) is 32.1. The first-order chi connectivity index (χ1) is 18.3. The van der Waals surface area contributed by atoms with Gasteiger partial charge in [-0.25, -0.2) is 13.6 Å². The van der Waals surface area contributed by atoms with Gasteiger partial charge in [-0.3, -0.25) is 9.69 Å². The number of carbonyl (C=O) groups is 2. The van der Waals surface area contributed by atoms with Gasteiger partial charge in [-0.15, -0.1) is 0 Å². The van der Waals surface area contributed by atoms with Gasteiger partial charge in [0.2, 0.25) is 0 Å². The molecule has 2 fully saturated rings. The van der Waals surface area contributed by atoms with E-state index in [0.29, 0.717) is 24.4 Å². The number of nitrogens with one attached hydrogen (secondary N) is 1. The second-order valence-electron chi connectivity index (χ2n) is 10.6. The van der Waals surface area contributed by atoms with E-state index in [2.05, 4.69) is 5.32 Å². The summed E-state index contributed by atoms with van der Waals surface area (Å²) in [5.41, 5.74) is -0.372. The van der Waals surface area contributed by atoms with Crippen LogP contribution in [0.2, 0.25) is 5.02 Å². The van der Waals surface area contributed by atoms with Crippen molar-refractivity contribution in [2.24, 2.45) is 0 Å². The third-order valence-corrected chi connectivity index (χ3v) is 7.41. The van der Waals surface area contributed by atoms with Crippen LogP contribution in [0.15, 0.2) is 35.9 Å². The van der Waals surface area contributed by atoms with E-state index in [1.807, 2.05) is 6.07 Å². The fourth-order valence-corrected chi connectivity index (χ4v) is 5.01. The Morgan fingerprint density at radius 3 is 2.59 bits per heavy atom. The highest BCUT2D eigenvalue weighted by atomic mass is 35.5. The number of alkyl halides is 2. The largest absolute Gasteiger partial charge is 0.475 e. The molecule has 3 N–H and O–H groups in total. The van der Waals surface area contributed by atoms with Crippen LogP contribution >= 0.6 is 11.6 Å². The first-order valence-electron chi connectivity index (χ1n) is 12.9. The highest BCUT2D eigenvalue weighted by molar-refractivity contribution is 6.43. The van der Waals surface area contributed by atoms with E-state index in [1.54, 1.807) is 43.0 Å². The van der Waals surface area contributed by atoms with E-state index in [9.17, 15) is 33.7 Å². The lowest BCUT2D eigenvalue weighted by molar-refractivity contribution is -0.131. The van der Waals surface area contributed by atoms with Crippen molar-refractivity contribution >= 4 is 30.7 Å². The number of rotatable bonds is 9. The Morgan fingerprint density at radius 1 is 1.31 bits per heavy atom. The summed E-state index contributed by atoms with van der Waals surface area (Å²) in [6.45, 7) is 3.28. The molecule has 1 aromatic rings. The van der Waals surface area contributed by atoms with Gasteiger partial charge < -0.3 is 25.0 Å². The molecule has 0 bridgehead atoms. The molecule has 1 unspecified atom stereocenters. The smallest absolute Gasteiger partial charge is 0.447 e. The molecule has 0 aliphatic carbocycles. The Labute approximate surface area is 232 Å². The Morgan fingerprint density at radius 2 is 2.00 bits per heavy atom. The molecule has 2 saturated heterocycles. The van der Waals surface area contributed by atoms with Crippen molar-refractivity contribution in [2.45, 2.75) is 69.4 Å². The molecule has 9 nitrogen and oxygen atoms in total. The maximum Gasteiger partial charge on any atom is 0.475 e. The predicted octanol–water partition coefficient (Wildman–Crippen LogP) is 2.94. The number of likely N-dealkylation sites (tertiary alicyclic amines) is 2. The van der Waals surface area contributed by atoms with Crippen LogP contribution in [0.5, 0.6) is 0 Å². The number of nitrogens with zero attached hydrogens (tertiary/aromatic N) is 3. The molecule has 3 rings (SSSR count). The van der Waals surface area contributed by atoms with Gasteiger partial charge in [-0.2, -0.15) is 5.26 Å². The molecule has 13 heteroatoms. The summed E-state index contributed by atoms with van der Waals surface area (Å²) in [5.74, 6) is -4.40. The number of hydrogen-bond acceptors (Lipinski definition) is 7. The van der Waals surface area contributed by atoms with E-state index < -0.39 is 49.1 Å². The highest BCUT2D eigenvalue weighted by Gasteiger charge is 2.43. The van der Waals surface area contributed by atoms with Gasteiger partial charge in [0.1, 0.15) is 18.2 Å². The molecule has 212 valence electrons. The zero-order chi connectivity index (χ0) is 28.8. The quantitative estimate of drug-likeness (QED) is 0.238. The van der Waals surface area contributed by atoms with Crippen molar-refractivity contribution in [1.82, 2.24) is 15.1 Å². The molecule has 2 atom stereocenters. The number of halogens is 3. The lowest BCUT2D eigenvalue weighted by Crippen LogP contribution is -2.50. The van der Waals surface area contributed by atoms with E-state index in [1.165, 1.54) is 11.0 Å². The third-order valence-electron chi connectivity index (χ3n) is 7.16. The Kier molecular flexibility index (Phi) is 10.3. The Hall–Kier alpha value is -2.72. The van der Waals surface area contributed by atoms with Crippen molar-refractivity contribution < 1.29 is 33.2 Å². The van der Waals surface area contributed by atoms with E-state index in [-0.39, 0.29) is 31.6 Å². The standard InChI is InChI=1S/C26H34BClF2N4O5/c1-25(2,33-12-10-26(29,30)17-33)14-19(15-31)23(35)34-11-4-3-5-21(34)16-39-24(36)32-22(27(37)38)13-18-6-8-20(28)9-7-18/h6-9,14,21-22,37-38H,3-5,10-13,16-17H2,1-2H3,(H,32,36)/t21?,22-/m0/s1. The van der Waals surface area contributed by atoms with Crippen LogP contribution in [0.3, 0.4) is 0 Å². The molecular formula is C26H34BClF2N4O5. The zero-order valence-electron chi connectivity index (χ0n) is 22.1. The molecule has 0 spiro atoms. The average molecular weight is 567 g/mol. The van der Waals surface area contributed by atoms with Crippen LogP contribution in [-0.4, -0.2) is 88.7 Å². The van der Waals surface area contributed by atoms with Crippen LogP contribution in [0, 0.1) is 11.3 Å².